The molecule has 0 aromatic rings. The van der Waals surface area contributed by atoms with Gasteiger partial charge in [-0.05, 0) is 5.92 Å². The van der Waals surface area contributed by atoms with Crippen LogP contribution in [0.25, 0.3) is 0 Å². The molecule has 1 aliphatic rings. The van der Waals surface area contributed by atoms with E-state index in [0.717, 1.165) is 32.1 Å². The van der Waals surface area contributed by atoms with Gasteiger partial charge in [0.25, 0.3) is 0 Å². The summed E-state index contributed by atoms with van der Waals surface area (Å²) in [4.78, 5) is 2.47. The molecular weight excluding hydrogens is 162 g/mol. The van der Waals surface area contributed by atoms with Crippen molar-refractivity contribution in [3.8, 4) is 0 Å². The van der Waals surface area contributed by atoms with E-state index in [2.05, 4.69) is 24.1 Å². The Labute approximate surface area is 81.7 Å². The van der Waals surface area contributed by atoms with E-state index in [1.807, 2.05) is 0 Å². The highest BCUT2D eigenvalue weighted by Gasteiger charge is 2.22. The Kier molecular flexibility index (Phi) is 4.70. The topological polar surface area (TPSA) is 41.3 Å². The van der Waals surface area contributed by atoms with Gasteiger partial charge in [-0.2, -0.15) is 0 Å². The molecule has 1 heterocycles. The Bertz CT molecular complexity index is 136. The zero-order chi connectivity index (χ0) is 9.68. The average Bonchev–Trinajstić information content (AvgIpc) is 2.18. The highest BCUT2D eigenvalue weighted by molar-refractivity contribution is 4.81. The van der Waals surface area contributed by atoms with E-state index in [9.17, 15) is 0 Å². The van der Waals surface area contributed by atoms with Gasteiger partial charge in [0, 0.05) is 38.8 Å². The van der Waals surface area contributed by atoms with Gasteiger partial charge in [-0.15, -0.1) is 0 Å². The number of nitrogens with zero attached hydrogens (tertiary/aromatic N) is 1. The van der Waals surface area contributed by atoms with E-state index >= 15 is 0 Å². The highest BCUT2D eigenvalue weighted by atomic mass is 15.2. The van der Waals surface area contributed by atoms with Crippen LogP contribution < -0.4 is 11.1 Å². The van der Waals surface area contributed by atoms with Crippen molar-refractivity contribution in [1.29, 1.82) is 0 Å². The second-order valence-electron chi connectivity index (χ2n) is 4.04. The first-order valence-corrected chi connectivity index (χ1v) is 5.43. The maximum atomic E-state index is 5.55. The van der Waals surface area contributed by atoms with E-state index < -0.39 is 0 Å². The molecular formula is C10H23N3. The van der Waals surface area contributed by atoms with Crippen LogP contribution in [0.5, 0.6) is 0 Å². The molecule has 0 radical (unpaired) electrons. The van der Waals surface area contributed by atoms with Crippen molar-refractivity contribution >= 4 is 0 Å². The summed E-state index contributed by atoms with van der Waals surface area (Å²) in [5.41, 5.74) is 5.55. The molecule has 78 valence electrons. The molecule has 3 nitrogen and oxygen atoms in total. The Hall–Kier alpha value is -0.120. The molecule has 1 rings (SSSR count). The lowest BCUT2D eigenvalue weighted by molar-refractivity contribution is 0.172. The van der Waals surface area contributed by atoms with Crippen molar-refractivity contribution < 1.29 is 0 Å². The van der Waals surface area contributed by atoms with Crippen LogP contribution in [0.1, 0.15) is 20.3 Å². The Morgan fingerprint density at radius 1 is 1.62 bits per heavy atom. The van der Waals surface area contributed by atoms with E-state index in [1.165, 1.54) is 13.0 Å². The van der Waals surface area contributed by atoms with Crippen LogP contribution in [0, 0.1) is 5.92 Å². The fourth-order valence-corrected chi connectivity index (χ4v) is 1.89. The zero-order valence-corrected chi connectivity index (χ0v) is 8.92. The summed E-state index contributed by atoms with van der Waals surface area (Å²) in [6, 6.07) is 0.672. The van der Waals surface area contributed by atoms with Crippen LogP contribution in [0.3, 0.4) is 0 Å². The van der Waals surface area contributed by atoms with Crippen molar-refractivity contribution in [2.24, 2.45) is 11.7 Å². The predicted octanol–water partition coefficient (Wildman–Crippen LogP) is 0.265. The Morgan fingerprint density at radius 3 is 3.00 bits per heavy atom. The minimum atomic E-state index is 0.672. The first kappa shape index (κ1) is 11.0. The van der Waals surface area contributed by atoms with Crippen molar-refractivity contribution in [1.82, 2.24) is 10.2 Å². The maximum absolute atomic E-state index is 5.55. The maximum Gasteiger partial charge on any atom is 0.0221 e. The van der Waals surface area contributed by atoms with Gasteiger partial charge in [-0.1, -0.05) is 20.3 Å². The number of piperazine rings is 1. The van der Waals surface area contributed by atoms with Crippen LogP contribution in [0.2, 0.25) is 0 Å². The molecule has 3 N–H and O–H groups in total. The van der Waals surface area contributed by atoms with E-state index in [4.69, 9.17) is 5.73 Å². The van der Waals surface area contributed by atoms with Gasteiger partial charge in [0.05, 0.1) is 0 Å². The van der Waals surface area contributed by atoms with Crippen molar-refractivity contribution in [2.45, 2.75) is 26.3 Å². The summed E-state index contributed by atoms with van der Waals surface area (Å²) >= 11 is 0. The van der Waals surface area contributed by atoms with Gasteiger partial charge in [0.15, 0.2) is 0 Å². The third-order valence-electron chi connectivity index (χ3n) is 3.07. The Morgan fingerprint density at radius 2 is 2.38 bits per heavy atom. The summed E-state index contributed by atoms with van der Waals surface area (Å²) in [6.45, 7) is 9.87. The molecule has 2 unspecified atom stereocenters. The summed E-state index contributed by atoms with van der Waals surface area (Å²) in [7, 11) is 0. The molecule has 3 heteroatoms. The summed E-state index contributed by atoms with van der Waals surface area (Å²) < 4.78 is 0. The number of hydrogen-bond acceptors (Lipinski definition) is 3. The Balaban J connectivity index is 2.32. The molecule has 0 bridgehead atoms. The quantitative estimate of drug-likeness (QED) is 0.660. The van der Waals surface area contributed by atoms with Gasteiger partial charge in [-0.3, -0.25) is 4.90 Å². The fraction of sp³-hybridized carbons (Fsp3) is 1.00. The minimum Gasteiger partial charge on any atom is -0.329 e. The number of nitrogens with two attached hydrogens (primary N) is 1. The van der Waals surface area contributed by atoms with Crippen molar-refractivity contribution in [3.63, 3.8) is 0 Å². The molecule has 1 fully saturated rings. The molecule has 0 aliphatic carbocycles. The highest BCUT2D eigenvalue weighted by Crippen LogP contribution is 2.11. The monoisotopic (exact) mass is 185 g/mol. The van der Waals surface area contributed by atoms with Crippen LogP contribution in [-0.2, 0) is 0 Å². The summed E-state index contributed by atoms with van der Waals surface area (Å²) in [5.74, 6) is 0.778. The number of rotatable bonds is 4. The number of nitrogens with one attached hydrogen (secondary N) is 1. The van der Waals surface area contributed by atoms with Crippen molar-refractivity contribution in [2.75, 3.05) is 32.7 Å². The van der Waals surface area contributed by atoms with Crippen molar-refractivity contribution in [3.05, 3.63) is 0 Å². The zero-order valence-electron chi connectivity index (χ0n) is 8.92. The van der Waals surface area contributed by atoms with Crippen LogP contribution in [0.15, 0.2) is 0 Å². The standard InChI is InChI=1S/C10H23N3/c1-3-9(2)10-8-13(6-4-11)7-5-12-10/h9-10,12H,3-8,11H2,1-2H3. The molecule has 0 aromatic heterocycles. The largest absolute Gasteiger partial charge is 0.329 e. The average molecular weight is 185 g/mol. The normalized spacial score (nSPS) is 27.5. The third-order valence-corrected chi connectivity index (χ3v) is 3.07. The van der Waals surface area contributed by atoms with Crippen LogP contribution in [-0.4, -0.2) is 43.7 Å². The molecule has 1 aliphatic heterocycles. The van der Waals surface area contributed by atoms with E-state index in [0.29, 0.717) is 6.04 Å². The molecule has 2 atom stereocenters. The van der Waals surface area contributed by atoms with Gasteiger partial charge in [0.2, 0.25) is 0 Å². The lowest BCUT2D eigenvalue weighted by Crippen LogP contribution is -2.54. The molecule has 13 heavy (non-hydrogen) atoms. The fourth-order valence-electron chi connectivity index (χ4n) is 1.89. The lowest BCUT2D eigenvalue weighted by Gasteiger charge is -2.36. The molecule has 0 amide bonds. The SMILES string of the molecule is CCC(C)C1CN(CCN)CCN1. The molecule has 1 saturated heterocycles. The van der Waals surface area contributed by atoms with Gasteiger partial charge < -0.3 is 11.1 Å². The first-order valence-electron chi connectivity index (χ1n) is 5.43. The van der Waals surface area contributed by atoms with Crippen LogP contribution >= 0.6 is 0 Å². The van der Waals surface area contributed by atoms with Gasteiger partial charge in [0.1, 0.15) is 0 Å². The second-order valence-corrected chi connectivity index (χ2v) is 4.04. The second kappa shape index (κ2) is 5.58. The van der Waals surface area contributed by atoms with E-state index in [1.54, 1.807) is 0 Å². The smallest absolute Gasteiger partial charge is 0.0221 e. The number of hydrogen-bond donors (Lipinski definition) is 2. The van der Waals surface area contributed by atoms with Crippen LogP contribution in [0.4, 0.5) is 0 Å². The molecule has 0 spiro atoms. The third kappa shape index (κ3) is 3.25. The van der Waals surface area contributed by atoms with Gasteiger partial charge >= 0.3 is 0 Å². The minimum absolute atomic E-state index is 0.672. The summed E-state index contributed by atoms with van der Waals surface area (Å²) in [5, 5.41) is 3.58. The lowest BCUT2D eigenvalue weighted by atomic mass is 9.97. The van der Waals surface area contributed by atoms with E-state index in [-0.39, 0.29) is 0 Å². The summed E-state index contributed by atoms with van der Waals surface area (Å²) in [6.07, 6.45) is 1.26. The predicted molar refractivity (Wildman–Crippen MR) is 56.7 cm³/mol. The van der Waals surface area contributed by atoms with Gasteiger partial charge in [-0.25, -0.2) is 0 Å². The molecule has 0 aromatic carbocycles. The molecule has 0 saturated carbocycles. The first-order chi connectivity index (χ1) is 6.27.